The minimum atomic E-state index is 0.232. The van der Waals surface area contributed by atoms with Gasteiger partial charge in [0.05, 0.1) is 0 Å². The predicted molar refractivity (Wildman–Crippen MR) is 122 cm³/mol. The van der Waals surface area contributed by atoms with Crippen molar-refractivity contribution in [2.75, 3.05) is 0 Å². The lowest BCUT2D eigenvalue weighted by molar-refractivity contribution is 0.0463. The summed E-state index contributed by atoms with van der Waals surface area (Å²) in [5.74, 6) is 3.54. The van der Waals surface area contributed by atoms with Crippen molar-refractivity contribution in [1.29, 1.82) is 0 Å². The van der Waals surface area contributed by atoms with E-state index in [1.165, 1.54) is 60.4 Å². The van der Waals surface area contributed by atoms with Gasteiger partial charge >= 0.3 is 0 Å². The molecule has 1 nitrogen and oxygen atoms in total. The molecule has 30 heavy (non-hydrogen) atoms. The normalized spacial score (nSPS) is 33.3. The second kappa shape index (κ2) is 5.38. The third kappa shape index (κ3) is 1.78. The van der Waals surface area contributed by atoms with Crippen LogP contribution in [0.15, 0.2) is 65.1 Å². The van der Waals surface area contributed by atoms with Crippen LogP contribution in [0.4, 0.5) is 0 Å². The third-order valence-electron chi connectivity index (χ3n) is 9.37. The topological polar surface area (TPSA) is 13.1 Å². The van der Waals surface area contributed by atoms with Crippen molar-refractivity contribution >= 4 is 21.9 Å². The average molecular weight is 391 g/mol. The van der Waals surface area contributed by atoms with E-state index in [1.54, 1.807) is 11.1 Å². The molecule has 0 amide bonds. The maximum Gasteiger partial charge on any atom is 0.136 e. The fraction of sp³-hybridized carbons (Fsp3) is 0.379. The largest absolute Gasteiger partial charge is 0.456 e. The summed E-state index contributed by atoms with van der Waals surface area (Å²) in [5.41, 5.74) is 8.46. The predicted octanol–water partition coefficient (Wildman–Crippen LogP) is 7.70. The molecule has 4 fully saturated rings. The van der Waals surface area contributed by atoms with E-state index in [0.717, 1.165) is 34.8 Å². The fourth-order valence-electron chi connectivity index (χ4n) is 8.45. The maximum atomic E-state index is 6.31. The number of rotatable bonds is 0. The van der Waals surface area contributed by atoms with E-state index in [9.17, 15) is 0 Å². The summed E-state index contributed by atoms with van der Waals surface area (Å²) in [6.45, 7) is 0. The van der Waals surface area contributed by atoms with Gasteiger partial charge in [0.15, 0.2) is 0 Å². The van der Waals surface area contributed by atoms with E-state index in [2.05, 4.69) is 60.7 Å². The lowest BCUT2D eigenvalue weighted by Gasteiger charge is -2.55. The Bertz CT molecular complexity index is 1310. The van der Waals surface area contributed by atoms with Crippen molar-refractivity contribution in [2.45, 2.75) is 43.9 Å². The number of hydrogen-bond donors (Lipinski definition) is 0. The molecule has 1 aromatic heterocycles. The smallest absolute Gasteiger partial charge is 0.136 e. The zero-order valence-electron chi connectivity index (χ0n) is 17.2. The third-order valence-corrected chi connectivity index (χ3v) is 9.37. The molecule has 1 heterocycles. The van der Waals surface area contributed by atoms with Gasteiger partial charge in [-0.2, -0.15) is 0 Å². The zero-order chi connectivity index (χ0) is 19.4. The molecule has 1 spiro atoms. The molecule has 4 saturated carbocycles. The maximum absolute atomic E-state index is 6.31. The molecule has 4 aromatic rings. The molecule has 148 valence electrons. The van der Waals surface area contributed by atoms with Gasteiger partial charge in [-0.25, -0.2) is 0 Å². The van der Waals surface area contributed by atoms with Crippen molar-refractivity contribution in [1.82, 2.24) is 0 Å². The van der Waals surface area contributed by atoms with Crippen LogP contribution in [0.25, 0.3) is 33.1 Å². The van der Waals surface area contributed by atoms with Crippen LogP contribution in [-0.2, 0) is 5.41 Å². The summed E-state index contributed by atoms with van der Waals surface area (Å²) in [4.78, 5) is 0. The van der Waals surface area contributed by atoms with E-state index in [4.69, 9.17) is 4.42 Å². The van der Waals surface area contributed by atoms with Gasteiger partial charge in [-0.1, -0.05) is 55.3 Å². The summed E-state index contributed by atoms with van der Waals surface area (Å²) in [7, 11) is 0. The van der Waals surface area contributed by atoms with Gasteiger partial charge in [-0.05, 0) is 89.8 Å². The second-order valence-electron chi connectivity index (χ2n) is 10.6. The number of furan rings is 1. The number of fused-ring (bicyclic) bond motifs is 7. The SMILES string of the molecule is c1ccc2c(c1)-c1cc3oc4ccccc4c3cc1C21C2CC3CCC(C2)CC1C3. The molecule has 1 heteroatoms. The van der Waals surface area contributed by atoms with Gasteiger partial charge in [0.1, 0.15) is 11.2 Å². The molecule has 0 radical (unpaired) electrons. The Morgan fingerprint density at radius 1 is 0.633 bits per heavy atom. The second-order valence-corrected chi connectivity index (χ2v) is 10.6. The van der Waals surface area contributed by atoms with Crippen molar-refractivity contribution < 1.29 is 4.42 Å². The van der Waals surface area contributed by atoms with Gasteiger partial charge in [0.25, 0.3) is 0 Å². The van der Waals surface area contributed by atoms with Gasteiger partial charge in [0.2, 0.25) is 0 Å². The van der Waals surface area contributed by atoms with Gasteiger partial charge in [-0.3, -0.25) is 0 Å². The molecule has 9 rings (SSSR count). The molecular formula is C29H26O. The molecule has 0 unspecified atom stereocenters. The molecule has 3 aromatic carbocycles. The highest BCUT2D eigenvalue weighted by atomic mass is 16.3. The molecular weight excluding hydrogens is 364 g/mol. The molecule has 5 aliphatic carbocycles. The van der Waals surface area contributed by atoms with Crippen molar-refractivity contribution in [3.8, 4) is 11.1 Å². The Balaban J connectivity index is 1.49. The first-order valence-electron chi connectivity index (χ1n) is 11.9. The molecule has 0 saturated heterocycles. The Morgan fingerprint density at radius 2 is 1.33 bits per heavy atom. The Kier molecular flexibility index (Phi) is 2.90. The standard InChI is InChI=1S/C29H26O/c1-3-7-25-21(5-1)23-16-28-24(22-6-2-4-8-27(22)30-28)15-26(23)29(25)19-11-17-9-10-18(13-19)14-20(29)12-17/h1-8,15-20H,9-14H2. The molecule has 0 atom stereocenters. The number of benzene rings is 3. The van der Waals surface area contributed by atoms with E-state index >= 15 is 0 Å². The van der Waals surface area contributed by atoms with E-state index < -0.39 is 0 Å². The molecule has 5 aliphatic rings. The van der Waals surface area contributed by atoms with Gasteiger partial charge < -0.3 is 4.42 Å². The lowest BCUT2D eigenvalue weighted by Crippen LogP contribution is -2.50. The number of para-hydroxylation sites is 1. The number of hydrogen-bond acceptors (Lipinski definition) is 1. The van der Waals surface area contributed by atoms with Gasteiger partial charge in [-0.15, -0.1) is 0 Å². The lowest BCUT2D eigenvalue weighted by atomic mass is 9.49. The van der Waals surface area contributed by atoms with Crippen LogP contribution in [0.2, 0.25) is 0 Å². The van der Waals surface area contributed by atoms with E-state index in [-0.39, 0.29) is 5.41 Å². The first kappa shape index (κ1) is 16.2. The highest BCUT2D eigenvalue weighted by Crippen LogP contribution is 2.68. The van der Waals surface area contributed by atoms with Gasteiger partial charge in [0, 0.05) is 16.2 Å². The minimum Gasteiger partial charge on any atom is -0.456 e. The summed E-state index contributed by atoms with van der Waals surface area (Å²) in [6.07, 6.45) is 8.70. The van der Waals surface area contributed by atoms with Crippen LogP contribution >= 0.6 is 0 Å². The molecule has 0 N–H and O–H groups in total. The monoisotopic (exact) mass is 390 g/mol. The van der Waals surface area contributed by atoms with Crippen molar-refractivity contribution in [3.05, 3.63) is 71.8 Å². The quantitative estimate of drug-likeness (QED) is 0.300. The Morgan fingerprint density at radius 3 is 2.13 bits per heavy atom. The fourth-order valence-corrected chi connectivity index (χ4v) is 8.45. The van der Waals surface area contributed by atoms with Crippen molar-refractivity contribution in [2.24, 2.45) is 23.7 Å². The highest BCUT2D eigenvalue weighted by molar-refractivity contribution is 6.07. The van der Waals surface area contributed by atoms with Crippen LogP contribution < -0.4 is 0 Å². The van der Waals surface area contributed by atoms with E-state index in [1.807, 2.05) is 0 Å². The highest BCUT2D eigenvalue weighted by Gasteiger charge is 2.60. The molecule has 0 aliphatic heterocycles. The first-order chi connectivity index (χ1) is 14.8. The van der Waals surface area contributed by atoms with Crippen LogP contribution in [0.3, 0.4) is 0 Å². The van der Waals surface area contributed by atoms with Crippen molar-refractivity contribution in [3.63, 3.8) is 0 Å². The molecule has 4 bridgehead atoms. The average Bonchev–Trinajstić information content (AvgIpc) is 3.12. The zero-order valence-corrected chi connectivity index (χ0v) is 17.2. The summed E-state index contributed by atoms with van der Waals surface area (Å²) in [5, 5.41) is 2.57. The van der Waals surface area contributed by atoms with E-state index in [0.29, 0.717) is 0 Å². The van der Waals surface area contributed by atoms with Crippen LogP contribution in [0.5, 0.6) is 0 Å². The van der Waals surface area contributed by atoms with Crippen LogP contribution in [0.1, 0.15) is 49.7 Å². The summed E-state index contributed by atoms with van der Waals surface area (Å²) >= 11 is 0. The Hall–Kier alpha value is -2.54. The minimum absolute atomic E-state index is 0.232. The first-order valence-corrected chi connectivity index (χ1v) is 11.9. The van der Waals surface area contributed by atoms with Crippen LogP contribution in [-0.4, -0.2) is 0 Å². The summed E-state index contributed by atoms with van der Waals surface area (Å²) in [6, 6.07) is 22.8. The Labute approximate surface area is 177 Å². The summed E-state index contributed by atoms with van der Waals surface area (Å²) < 4.78 is 6.31. The van der Waals surface area contributed by atoms with Crippen LogP contribution in [0, 0.1) is 23.7 Å².